The summed E-state index contributed by atoms with van der Waals surface area (Å²) in [6.45, 7) is 5.54. The molecule has 2 aliphatic rings. The van der Waals surface area contributed by atoms with Crippen LogP contribution in [0.4, 0.5) is 0 Å². The van der Waals surface area contributed by atoms with E-state index in [0.717, 1.165) is 12.5 Å². The Hall–Kier alpha value is -0.120. The van der Waals surface area contributed by atoms with Gasteiger partial charge < -0.3 is 10.1 Å². The molecule has 0 amide bonds. The van der Waals surface area contributed by atoms with E-state index in [2.05, 4.69) is 38.2 Å². The van der Waals surface area contributed by atoms with Gasteiger partial charge in [0.2, 0.25) is 0 Å². The number of nitrogens with zero attached hydrogens (tertiary/aromatic N) is 1. The normalized spacial score (nSPS) is 43.2. The van der Waals surface area contributed by atoms with Crippen LogP contribution in [0.15, 0.2) is 0 Å². The van der Waals surface area contributed by atoms with Gasteiger partial charge in [0.25, 0.3) is 0 Å². The number of hydrogen-bond donors (Lipinski definition) is 1. The highest BCUT2D eigenvalue weighted by atomic mass is 16.5. The van der Waals surface area contributed by atoms with Crippen molar-refractivity contribution in [1.82, 2.24) is 10.2 Å². The van der Waals surface area contributed by atoms with Crippen LogP contribution >= 0.6 is 0 Å². The van der Waals surface area contributed by atoms with Crippen molar-refractivity contribution in [2.45, 2.75) is 63.8 Å². The van der Waals surface area contributed by atoms with Crippen LogP contribution < -0.4 is 5.32 Å². The summed E-state index contributed by atoms with van der Waals surface area (Å²) in [4.78, 5) is 2.59. The average Bonchev–Trinajstić information content (AvgIpc) is 2.74. The summed E-state index contributed by atoms with van der Waals surface area (Å²) in [6, 6.07) is 1.95. The molecule has 2 rings (SSSR count). The Balaban J connectivity index is 2.02. The van der Waals surface area contributed by atoms with Crippen molar-refractivity contribution in [2.75, 3.05) is 20.7 Å². The molecule has 0 radical (unpaired) electrons. The second-order valence-corrected chi connectivity index (χ2v) is 5.98. The second-order valence-electron chi connectivity index (χ2n) is 5.98. The molecule has 1 saturated carbocycles. The minimum absolute atomic E-state index is 0.398. The Morgan fingerprint density at radius 1 is 1.12 bits per heavy atom. The minimum Gasteiger partial charge on any atom is -0.377 e. The Bertz CT molecular complexity index is 246. The van der Waals surface area contributed by atoms with Gasteiger partial charge in [-0.25, -0.2) is 0 Å². The second kappa shape index (κ2) is 5.68. The first-order valence-corrected chi connectivity index (χ1v) is 7.14. The maximum absolute atomic E-state index is 5.71. The zero-order valence-corrected chi connectivity index (χ0v) is 11.8. The zero-order valence-electron chi connectivity index (χ0n) is 11.8. The lowest BCUT2D eigenvalue weighted by Crippen LogP contribution is -2.55. The Kier molecular flexibility index (Phi) is 4.45. The van der Waals surface area contributed by atoms with Gasteiger partial charge in [0.05, 0.1) is 6.10 Å². The lowest BCUT2D eigenvalue weighted by Gasteiger charge is -2.43. The van der Waals surface area contributed by atoms with Gasteiger partial charge in [0.1, 0.15) is 0 Å². The average molecular weight is 240 g/mol. The van der Waals surface area contributed by atoms with Crippen LogP contribution in [0.5, 0.6) is 0 Å². The third-order valence-electron chi connectivity index (χ3n) is 4.83. The molecule has 0 aromatic rings. The molecule has 0 aromatic carbocycles. The summed E-state index contributed by atoms with van der Waals surface area (Å²) in [6.07, 6.45) is 5.60. The van der Waals surface area contributed by atoms with Crippen molar-refractivity contribution in [1.29, 1.82) is 0 Å². The molecule has 3 heteroatoms. The largest absolute Gasteiger partial charge is 0.377 e. The van der Waals surface area contributed by atoms with Crippen LogP contribution in [0.3, 0.4) is 0 Å². The standard InChI is InChI=1S/C14H28N2O/c1-10-5-6-12(15-3)14(9-10)16(4)13-7-8-17-11(13)2/h10-15H,5-9H2,1-4H3. The summed E-state index contributed by atoms with van der Waals surface area (Å²) in [5, 5.41) is 3.51. The molecule has 0 bridgehead atoms. The highest BCUT2D eigenvalue weighted by molar-refractivity contribution is 4.93. The molecule has 17 heavy (non-hydrogen) atoms. The fourth-order valence-electron chi connectivity index (χ4n) is 3.64. The summed E-state index contributed by atoms with van der Waals surface area (Å²) >= 11 is 0. The van der Waals surface area contributed by atoms with Gasteiger partial charge in [-0.3, -0.25) is 4.90 Å². The molecule has 100 valence electrons. The molecule has 2 fully saturated rings. The molecule has 5 unspecified atom stereocenters. The van der Waals surface area contributed by atoms with Crippen molar-refractivity contribution in [3.63, 3.8) is 0 Å². The van der Waals surface area contributed by atoms with E-state index in [-0.39, 0.29) is 0 Å². The first kappa shape index (κ1) is 13.3. The SMILES string of the molecule is CNC1CCC(C)CC1N(C)C1CCOC1C. The lowest BCUT2D eigenvalue weighted by molar-refractivity contribution is 0.0412. The van der Waals surface area contributed by atoms with E-state index in [1.165, 1.54) is 25.7 Å². The molecule has 1 heterocycles. The van der Waals surface area contributed by atoms with Crippen molar-refractivity contribution in [3.8, 4) is 0 Å². The van der Waals surface area contributed by atoms with Crippen LogP contribution in [0.1, 0.15) is 39.5 Å². The number of ether oxygens (including phenoxy) is 1. The van der Waals surface area contributed by atoms with Crippen LogP contribution in [0.25, 0.3) is 0 Å². The lowest BCUT2D eigenvalue weighted by atomic mass is 9.82. The summed E-state index contributed by atoms with van der Waals surface area (Å²) in [7, 11) is 4.40. The maximum atomic E-state index is 5.71. The number of hydrogen-bond acceptors (Lipinski definition) is 3. The first-order chi connectivity index (χ1) is 8.13. The Labute approximate surface area is 106 Å². The van der Waals surface area contributed by atoms with Gasteiger partial charge in [-0.1, -0.05) is 6.92 Å². The minimum atomic E-state index is 0.398. The quantitative estimate of drug-likeness (QED) is 0.815. The van der Waals surface area contributed by atoms with Gasteiger partial charge in [0.15, 0.2) is 0 Å². The van der Waals surface area contributed by atoms with Crippen molar-refractivity contribution >= 4 is 0 Å². The Morgan fingerprint density at radius 2 is 1.88 bits per heavy atom. The van der Waals surface area contributed by atoms with Crippen molar-refractivity contribution in [3.05, 3.63) is 0 Å². The van der Waals surface area contributed by atoms with E-state index in [4.69, 9.17) is 4.74 Å². The summed E-state index contributed by atoms with van der Waals surface area (Å²) in [5.74, 6) is 0.865. The molecule has 3 nitrogen and oxygen atoms in total. The molecule has 1 aliphatic carbocycles. The third kappa shape index (κ3) is 2.83. The molecule has 0 spiro atoms. The molecule has 5 atom stereocenters. The molecule has 1 N–H and O–H groups in total. The van der Waals surface area contributed by atoms with Crippen LogP contribution in [0, 0.1) is 5.92 Å². The van der Waals surface area contributed by atoms with E-state index in [1.807, 2.05) is 0 Å². The van der Waals surface area contributed by atoms with E-state index < -0.39 is 0 Å². The first-order valence-electron chi connectivity index (χ1n) is 7.14. The molecule has 1 saturated heterocycles. The Morgan fingerprint density at radius 3 is 2.47 bits per heavy atom. The van der Waals surface area contributed by atoms with Crippen molar-refractivity contribution < 1.29 is 4.74 Å². The topological polar surface area (TPSA) is 24.5 Å². The van der Waals surface area contributed by atoms with E-state index in [1.54, 1.807) is 0 Å². The summed E-state index contributed by atoms with van der Waals surface area (Å²) < 4.78 is 5.71. The predicted molar refractivity (Wildman–Crippen MR) is 71.2 cm³/mol. The molecule has 1 aliphatic heterocycles. The zero-order chi connectivity index (χ0) is 12.4. The highest BCUT2D eigenvalue weighted by Crippen LogP contribution is 2.30. The van der Waals surface area contributed by atoms with Crippen LogP contribution in [0.2, 0.25) is 0 Å². The number of nitrogens with one attached hydrogen (secondary N) is 1. The molecular formula is C14H28N2O. The van der Waals surface area contributed by atoms with Crippen molar-refractivity contribution in [2.24, 2.45) is 5.92 Å². The maximum Gasteiger partial charge on any atom is 0.0703 e. The van der Waals surface area contributed by atoms with Gasteiger partial charge in [-0.15, -0.1) is 0 Å². The molecular weight excluding hydrogens is 212 g/mol. The van der Waals surface area contributed by atoms with Crippen LogP contribution in [-0.4, -0.2) is 49.8 Å². The third-order valence-corrected chi connectivity index (χ3v) is 4.83. The van der Waals surface area contributed by atoms with Gasteiger partial charge in [-0.2, -0.15) is 0 Å². The van der Waals surface area contributed by atoms with Crippen LogP contribution in [-0.2, 0) is 4.74 Å². The smallest absolute Gasteiger partial charge is 0.0703 e. The fraction of sp³-hybridized carbons (Fsp3) is 1.00. The molecule has 0 aromatic heterocycles. The fourth-order valence-corrected chi connectivity index (χ4v) is 3.64. The van der Waals surface area contributed by atoms with Gasteiger partial charge in [0, 0.05) is 24.7 Å². The predicted octanol–water partition coefficient (Wildman–Crippen LogP) is 1.87. The number of likely N-dealkylation sites (N-methyl/N-ethyl adjacent to an activating group) is 2. The number of rotatable bonds is 3. The summed E-state index contributed by atoms with van der Waals surface area (Å²) in [5.41, 5.74) is 0. The van der Waals surface area contributed by atoms with E-state index in [9.17, 15) is 0 Å². The highest BCUT2D eigenvalue weighted by Gasteiger charge is 2.37. The van der Waals surface area contributed by atoms with Gasteiger partial charge >= 0.3 is 0 Å². The van der Waals surface area contributed by atoms with E-state index in [0.29, 0.717) is 24.2 Å². The monoisotopic (exact) mass is 240 g/mol. The van der Waals surface area contributed by atoms with E-state index >= 15 is 0 Å². The van der Waals surface area contributed by atoms with Gasteiger partial charge in [-0.05, 0) is 52.6 Å².